The van der Waals surface area contributed by atoms with Crippen molar-refractivity contribution in [3.8, 4) is 0 Å². The fourth-order valence-electron chi connectivity index (χ4n) is 1.82. The van der Waals surface area contributed by atoms with Gasteiger partial charge in [-0.25, -0.2) is 15.0 Å². The Morgan fingerprint density at radius 2 is 1.92 bits per heavy atom. The van der Waals surface area contributed by atoms with Gasteiger partial charge >= 0.3 is 0 Å². The van der Waals surface area contributed by atoms with Gasteiger partial charge in [0.05, 0.1) is 24.0 Å². The van der Waals surface area contributed by atoms with Crippen LogP contribution >= 0.6 is 11.3 Å². The number of nitrogens with zero attached hydrogens (tertiary/aromatic N) is 4. The van der Waals surface area contributed by atoms with E-state index >= 15 is 0 Å². The molecule has 0 saturated heterocycles. The smallest absolute Gasteiger partial charge is 0.295 e. The van der Waals surface area contributed by atoms with Crippen LogP contribution in [-0.2, 0) is 11.2 Å². The molecule has 0 aliphatic heterocycles. The standard InChI is InChI=1S/C15H12N6O2S/c22-12(19-10-3-1-4-16-8-10)7-11-9-24-15(20-11)21-14(23)13-17-5-2-6-18-13/h1-6,8-9H,7H2,(H,19,22)(H,20,21,23). The molecule has 24 heavy (non-hydrogen) atoms. The number of thiazole rings is 1. The lowest BCUT2D eigenvalue weighted by molar-refractivity contribution is -0.115. The van der Waals surface area contributed by atoms with E-state index in [9.17, 15) is 9.59 Å². The van der Waals surface area contributed by atoms with Gasteiger partial charge in [0.2, 0.25) is 11.7 Å². The summed E-state index contributed by atoms with van der Waals surface area (Å²) in [6.07, 6.45) is 6.25. The molecule has 8 nitrogen and oxygen atoms in total. The third kappa shape index (κ3) is 4.17. The van der Waals surface area contributed by atoms with E-state index in [1.807, 2.05) is 0 Å². The first-order chi connectivity index (χ1) is 11.7. The fourth-order valence-corrected chi connectivity index (χ4v) is 2.53. The molecule has 0 aromatic carbocycles. The Labute approximate surface area is 141 Å². The van der Waals surface area contributed by atoms with Crippen LogP contribution in [0.4, 0.5) is 10.8 Å². The molecular formula is C15H12N6O2S. The molecule has 3 heterocycles. The number of anilines is 2. The maximum absolute atomic E-state index is 12.0. The van der Waals surface area contributed by atoms with Crippen LogP contribution in [0.15, 0.2) is 48.4 Å². The van der Waals surface area contributed by atoms with Gasteiger partial charge in [-0.15, -0.1) is 11.3 Å². The zero-order valence-electron chi connectivity index (χ0n) is 12.3. The number of hydrogen-bond acceptors (Lipinski definition) is 7. The SMILES string of the molecule is O=C(Cc1csc(NC(=O)c2ncccn2)n1)Nc1cccnc1. The van der Waals surface area contributed by atoms with Crippen LogP contribution in [0.3, 0.4) is 0 Å². The molecule has 9 heteroatoms. The van der Waals surface area contributed by atoms with Crippen LogP contribution in [0.2, 0.25) is 0 Å². The third-order valence-electron chi connectivity index (χ3n) is 2.83. The van der Waals surface area contributed by atoms with Crippen molar-refractivity contribution in [3.05, 3.63) is 59.9 Å². The Kier molecular flexibility index (Phi) is 4.82. The van der Waals surface area contributed by atoms with Gasteiger partial charge in [0.15, 0.2) is 5.13 Å². The Morgan fingerprint density at radius 3 is 2.67 bits per heavy atom. The quantitative estimate of drug-likeness (QED) is 0.732. The molecule has 2 N–H and O–H groups in total. The van der Waals surface area contributed by atoms with E-state index in [4.69, 9.17) is 0 Å². The van der Waals surface area contributed by atoms with Crippen molar-refractivity contribution < 1.29 is 9.59 Å². The van der Waals surface area contributed by atoms with Crippen LogP contribution in [0.1, 0.15) is 16.3 Å². The number of rotatable bonds is 5. The van der Waals surface area contributed by atoms with Gasteiger partial charge in [0, 0.05) is 24.0 Å². The number of amides is 2. The molecule has 0 fully saturated rings. The first-order valence-electron chi connectivity index (χ1n) is 6.93. The lowest BCUT2D eigenvalue weighted by Gasteiger charge is -2.02. The van der Waals surface area contributed by atoms with E-state index in [2.05, 4.69) is 30.6 Å². The highest BCUT2D eigenvalue weighted by Gasteiger charge is 2.12. The van der Waals surface area contributed by atoms with Gasteiger partial charge in [-0.3, -0.25) is 19.9 Å². The number of pyridine rings is 1. The summed E-state index contributed by atoms with van der Waals surface area (Å²) in [7, 11) is 0. The molecule has 0 aliphatic carbocycles. The summed E-state index contributed by atoms with van der Waals surface area (Å²) in [4.78, 5) is 39.7. The minimum atomic E-state index is -0.448. The molecule has 0 unspecified atom stereocenters. The molecule has 0 bridgehead atoms. The van der Waals surface area contributed by atoms with Crippen LogP contribution in [0.25, 0.3) is 0 Å². The summed E-state index contributed by atoms with van der Waals surface area (Å²) >= 11 is 1.23. The first-order valence-corrected chi connectivity index (χ1v) is 7.81. The predicted octanol–water partition coefficient (Wildman–Crippen LogP) is 1.76. The lowest BCUT2D eigenvalue weighted by atomic mass is 10.3. The Bertz CT molecular complexity index is 837. The summed E-state index contributed by atoms with van der Waals surface area (Å²) < 4.78 is 0. The predicted molar refractivity (Wildman–Crippen MR) is 88.7 cm³/mol. The second-order valence-electron chi connectivity index (χ2n) is 4.64. The second-order valence-corrected chi connectivity index (χ2v) is 5.50. The number of aromatic nitrogens is 4. The summed E-state index contributed by atoms with van der Waals surface area (Å²) in [5.41, 5.74) is 1.18. The van der Waals surface area contributed by atoms with Gasteiger partial charge in [0.1, 0.15) is 0 Å². The highest BCUT2D eigenvalue weighted by molar-refractivity contribution is 7.14. The molecule has 0 aliphatic rings. The molecule has 0 radical (unpaired) electrons. The molecule has 3 aromatic rings. The van der Waals surface area contributed by atoms with Crippen molar-refractivity contribution in [2.45, 2.75) is 6.42 Å². The summed E-state index contributed by atoms with van der Waals surface area (Å²) in [6, 6.07) is 5.11. The van der Waals surface area contributed by atoms with Crippen molar-refractivity contribution >= 4 is 34.0 Å². The van der Waals surface area contributed by atoms with Gasteiger partial charge in [0.25, 0.3) is 5.91 Å². The molecular weight excluding hydrogens is 328 g/mol. The van der Waals surface area contributed by atoms with Crippen molar-refractivity contribution in [2.24, 2.45) is 0 Å². The molecule has 3 aromatic heterocycles. The second kappa shape index (κ2) is 7.38. The number of hydrogen-bond donors (Lipinski definition) is 2. The number of nitrogens with one attached hydrogen (secondary N) is 2. The Hall–Kier alpha value is -3.20. The van der Waals surface area contributed by atoms with E-state index in [0.29, 0.717) is 16.5 Å². The van der Waals surface area contributed by atoms with Gasteiger partial charge in [-0.1, -0.05) is 0 Å². The zero-order chi connectivity index (χ0) is 16.8. The average molecular weight is 340 g/mol. The number of carbonyl (C=O) groups excluding carboxylic acids is 2. The molecule has 0 spiro atoms. The third-order valence-corrected chi connectivity index (χ3v) is 3.63. The average Bonchev–Trinajstić information content (AvgIpc) is 3.03. The van der Waals surface area contributed by atoms with E-state index in [-0.39, 0.29) is 18.2 Å². The topological polar surface area (TPSA) is 110 Å². The highest BCUT2D eigenvalue weighted by atomic mass is 32.1. The minimum Gasteiger partial charge on any atom is -0.324 e. The number of carbonyl (C=O) groups is 2. The van der Waals surface area contributed by atoms with Crippen molar-refractivity contribution in [2.75, 3.05) is 10.6 Å². The van der Waals surface area contributed by atoms with Crippen LogP contribution < -0.4 is 10.6 Å². The van der Waals surface area contributed by atoms with Crippen LogP contribution in [0.5, 0.6) is 0 Å². The minimum absolute atomic E-state index is 0.0589. The van der Waals surface area contributed by atoms with Crippen LogP contribution in [-0.4, -0.2) is 31.8 Å². The highest BCUT2D eigenvalue weighted by Crippen LogP contribution is 2.16. The van der Waals surface area contributed by atoms with E-state index in [0.717, 1.165) is 0 Å². The maximum atomic E-state index is 12.0. The van der Waals surface area contributed by atoms with Gasteiger partial charge in [-0.05, 0) is 18.2 Å². The van der Waals surface area contributed by atoms with Crippen LogP contribution in [0, 0.1) is 0 Å². The monoisotopic (exact) mass is 340 g/mol. The first kappa shape index (κ1) is 15.7. The molecule has 2 amide bonds. The largest absolute Gasteiger partial charge is 0.324 e. The summed E-state index contributed by atoms with van der Waals surface area (Å²) in [6.45, 7) is 0. The van der Waals surface area contributed by atoms with Crippen molar-refractivity contribution in [3.63, 3.8) is 0 Å². The Balaban J connectivity index is 1.57. The fraction of sp³-hybridized carbons (Fsp3) is 0.0667. The zero-order valence-corrected chi connectivity index (χ0v) is 13.2. The van der Waals surface area contributed by atoms with Gasteiger partial charge in [-0.2, -0.15) is 0 Å². The molecule has 3 rings (SSSR count). The van der Waals surface area contributed by atoms with Crippen molar-refractivity contribution in [1.82, 2.24) is 19.9 Å². The molecule has 0 atom stereocenters. The molecule has 0 saturated carbocycles. The Morgan fingerprint density at radius 1 is 1.08 bits per heavy atom. The lowest BCUT2D eigenvalue weighted by Crippen LogP contribution is -2.16. The van der Waals surface area contributed by atoms with E-state index in [1.165, 1.54) is 23.7 Å². The van der Waals surface area contributed by atoms with E-state index in [1.54, 1.807) is 36.0 Å². The summed E-state index contributed by atoms with van der Waals surface area (Å²) in [5.74, 6) is -0.600. The van der Waals surface area contributed by atoms with E-state index < -0.39 is 5.91 Å². The maximum Gasteiger partial charge on any atom is 0.295 e. The van der Waals surface area contributed by atoms with Gasteiger partial charge < -0.3 is 5.32 Å². The van der Waals surface area contributed by atoms with Crippen molar-refractivity contribution in [1.29, 1.82) is 0 Å². The normalized spacial score (nSPS) is 10.2. The molecule has 120 valence electrons. The summed E-state index contributed by atoms with van der Waals surface area (Å²) in [5, 5.41) is 7.42.